The van der Waals surface area contributed by atoms with Gasteiger partial charge in [0, 0.05) is 18.0 Å². The maximum absolute atomic E-state index is 12.6. The second kappa shape index (κ2) is 5.40. The lowest BCUT2D eigenvalue weighted by Gasteiger charge is -2.38. The third kappa shape index (κ3) is 2.54. The van der Waals surface area contributed by atoms with E-state index in [9.17, 15) is 8.42 Å². The van der Waals surface area contributed by atoms with E-state index in [1.54, 1.807) is 16.4 Å². The van der Waals surface area contributed by atoms with Gasteiger partial charge in [-0.1, -0.05) is 12.8 Å². The molecule has 0 amide bonds. The Hall–Kier alpha value is -0.430. The number of nitrogens with zero attached hydrogens (tertiary/aromatic N) is 1. The molecule has 1 N–H and O–H groups in total. The summed E-state index contributed by atoms with van der Waals surface area (Å²) in [5.41, 5.74) is 0.428. The van der Waals surface area contributed by atoms with Crippen LogP contribution in [0.5, 0.6) is 0 Å². The zero-order chi connectivity index (χ0) is 14.2. The van der Waals surface area contributed by atoms with Gasteiger partial charge in [-0.15, -0.1) is 11.3 Å². The monoisotopic (exact) mass is 315 g/mol. The van der Waals surface area contributed by atoms with E-state index < -0.39 is 10.0 Å². The lowest BCUT2D eigenvalue weighted by molar-refractivity contribution is 0.160. The lowest BCUT2D eigenvalue weighted by Crippen LogP contribution is -2.41. The summed E-state index contributed by atoms with van der Waals surface area (Å²) < 4.78 is 27.1. The van der Waals surface area contributed by atoms with Crippen LogP contribution in [0.4, 0.5) is 0 Å². The van der Waals surface area contributed by atoms with E-state index >= 15 is 0 Å². The quantitative estimate of drug-likeness (QED) is 0.932. The summed E-state index contributed by atoms with van der Waals surface area (Å²) in [5, 5.41) is 9.07. The van der Waals surface area contributed by atoms with Crippen LogP contribution in [0.2, 0.25) is 0 Å². The summed E-state index contributed by atoms with van der Waals surface area (Å²) in [6.45, 7) is 1.20. The molecule has 0 bridgehead atoms. The van der Waals surface area contributed by atoms with Crippen molar-refractivity contribution in [2.24, 2.45) is 5.41 Å². The van der Waals surface area contributed by atoms with Crippen LogP contribution >= 0.6 is 11.3 Å². The Kier molecular flexibility index (Phi) is 3.92. The molecule has 0 unspecified atom stereocenters. The van der Waals surface area contributed by atoms with Crippen LogP contribution in [-0.4, -0.2) is 30.9 Å². The van der Waals surface area contributed by atoms with Crippen molar-refractivity contribution in [2.75, 3.05) is 13.1 Å². The highest BCUT2D eigenvalue weighted by Crippen LogP contribution is 2.46. The zero-order valence-electron chi connectivity index (χ0n) is 11.5. The molecule has 112 valence electrons. The lowest BCUT2D eigenvalue weighted by atomic mass is 9.78. The highest BCUT2D eigenvalue weighted by atomic mass is 32.2. The van der Waals surface area contributed by atoms with Crippen molar-refractivity contribution < 1.29 is 13.5 Å². The molecule has 2 aliphatic rings. The summed E-state index contributed by atoms with van der Waals surface area (Å²) in [7, 11) is -3.36. The number of sulfonamides is 1. The minimum absolute atomic E-state index is 0.0940. The second-order valence-corrected chi connectivity index (χ2v) is 9.32. The fourth-order valence-corrected chi connectivity index (χ4v) is 6.35. The van der Waals surface area contributed by atoms with Gasteiger partial charge in [0.05, 0.1) is 6.61 Å². The number of hydrogen-bond donors (Lipinski definition) is 1. The fraction of sp³-hybridized carbons (Fsp3) is 0.714. The molecule has 0 atom stereocenters. The van der Waals surface area contributed by atoms with Crippen LogP contribution in [0.15, 0.2) is 16.3 Å². The predicted molar refractivity (Wildman–Crippen MR) is 79.1 cm³/mol. The first kappa shape index (κ1) is 14.5. The molecule has 3 rings (SSSR count). The van der Waals surface area contributed by atoms with Crippen LogP contribution in [0.25, 0.3) is 0 Å². The highest BCUT2D eigenvalue weighted by Gasteiger charge is 2.40. The standard InChI is InChI=1S/C14H21NO3S2/c16-11-12-3-4-13(19-12)20(17,18)15-9-7-14(8-10-15)5-1-2-6-14/h3-4,16H,1-2,5-11H2. The Morgan fingerprint density at radius 3 is 2.35 bits per heavy atom. The number of rotatable bonds is 3. The second-order valence-electron chi connectivity index (χ2n) is 5.99. The number of thiophene rings is 1. The molecule has 2 heterocycles. The molecule has 0 aromatic carbocycles. The van der Waals surface area contributed by atoms with Crippen molar-refractivity contribution in [3.63, 3.8) is 0 Å². The molecule has 0 radical (unpaired) electrons. The molecule has 1 spiro atoms. The van der Waals surface area contributed by atoms with Crippen molar-refractivity contribution in [1.82, 2.24) is 4.31 Å². The molecule has 2 fully saturated rings. The largest absolute Gasteiger partial charge is 0.391 e. The van der Waals surface area contributed by atoms with Gasteiger partial charge in [0.25, 0.3) is 10.0 Å². The number of aliphatic hydroxyl groups is 1. The minimum atomic E-state index is -3.36. The summed E-state index contributed by atoms with van der Waals surface area (Å²) in [6.07, 6.45) is 7.16. The van der Waals surface area contributed by atoms with Crippen LogP contribution in [-0.2, 0) is 16.6 Å². The van der Waals surface area contributed by atoms with Crippen molar-refractivity contribution >= 4 is 21.4 Å². The van der Waals surface area contributed by atoms with Crippen LogP contribution in [0, 0.1) is 5.41 Å². The first-order valence-corrected chi connectivity index (χ1v) is 9.51. The first-order valence-electron chi connectivity index (χ1n) is 7.26. The molecular formula is C14H21NO3S2. The van der Waals surface area contributed by atoms with Gasteiger partial charge >= 0.3 is 0 Å². The van der Waals surface area contributed by atoms with Crippen molar-refractivity contribution in [3.05, 3.63) is 17.0 Å². The van der Waals surface area contributed by atoms with Gasteiger partial charge in [0.15, 0.2) is 0 Å². The van der Waals surface area contributed by atoms with E-state index in [-0.39, 0.29) is 6.61 Å². The first-order chi connectivity index (χ1) is 9.56. The van der Waals surface area contributed by atoms with Crippen molar-refractivity contribution in [3.8, 4) is 0 Å². The van der Waals surface area contributed by atoms with Crippen molar-refractivity contribution in [1.29, 1.82) is 0 Å². The third-order valence-electron chi connectivity index (χ3n) is 4.83. The molecule has 4 nitrogen and oxygen atoms in total. The molecule has 1 saturated carbocycles. The minimum Gasteiger partial charge on any atom is -0.391 e. The Labute approximate surface area is 124 Å². The summed E-state index contributed by atoms with van der Waals surface area (Å²) in [4.78, 5) is 0.702. The van der Waals surface area contributed by atoms with Gasteiger partial charge in [-0.2, -0.15) is 4.31 Å². The number of hydrogen-bond acceptors (Lipinski definition) is 4. The summed E-state index contributed by atoms with van der Waals surface area (Å²) in [5.74, 6) is 0. The Balaban J connectivity index is 1.73. The maximum atomic E-state index is 12.6. The number of piperidine rings is 1. The van der Waals surface area contributed by atoms with E-state index in [2.05, 4.69) is 0 Å². The van der Waals surface area contributed by atoms with Crippen LogP contribution in [0.1, 0.15) is 43.4 Å². The van der Waals surface area contributed by atoms with Gasteiger partial charge < -0.3 is 5.11 Å². The van der Waals surface area contributed by atoms with E-state index in [1.165, 1.54) is 37.0 Å². The molecule has 1 aromatic heterocycles. The van der Waals surface area contributed by atoms with Gasteiger partial charge in [-0.3, -0.25) is 0 Å². The molecule has 1 aromatic rings. The zero-order valence-corrected chi connectivity index (χ0v) is 13.2. The molecular weight excluding hydrogens is 294 g/mol. The third-order valence-corrected chi connectivity index (χ3v) is 8.27. The van der Waals surface area contributed by atoms with Gasteiger partial charge in [-0.05, 0) is 43.2 Å². The Morgan fingerprint density at radius 2 is 1.80 bits per heavy atom. The Bertz CT molecular complexity index is 563. The van der Waals surface area contributed by atoms with Gasteiger partial charge in [0.1, 0.15) is 4.21 Å². The molecule has 1 saturated heterocycles. The predicted octanol–water partition coefficient (Wildman–Crippen LogP) is 2.59. The average Bonchev–Trinajstić information content (AvgIpc) is 3.09. The van der Waals surface area contributed by atoms with Gasteiger partial charge in [-0.25, -0.2) is 8.42 Å². The van der Waals surface area contributed by atoms with E-state index in [4.69, 9.17) is 5.11 Å². The smallest absolute Gasteiger partial charge is 0.252 e. The summed E-state index contributed by atoms with van der Waals surface area (Å²) in [6, 6.07) is 3.31. The fourth-order valence-electron chi connectivity index (χ4n) is 3.53. The average molecular weight is 315 g/mol. The normalized spacial score (nSPS) is 23.4. The summed E-state index contributed by atoms with van der Waals surface area (Å²) >= 11 is 1.18. The van der Waals surface area contributed by atoms with E-state index in [0.29, 0.717) is 27.6 Å². The SMILES string of the molecule is O=S(=O)(c1ccc(CO)s1)N1CCC2(CCCC2)CC1. The maximum Gasteiger partial charge on any atom is 0.252 e. The molecule has 1 aliphatic heterocycles. The molecule has 1 aliphatic carbocycles. The number of aliphatic hydroxyl groups excluding tert-OH is 1. The van der Waals surface area contributed by atoms with Gasteiger partial charge in [0.2, 0.25) is 0 Å². The van der Waals surface area contributed by atoms with Crippen LogP contribution in [0.3, 0.4) is 0 Å². The topological polar surface area (TPSA) is 57.6 Å². The van der Waals surface area contributed by atoms with Crippen LogP contribution < -0.4 is 0 Å². The van der Waals surface area contributed by atoms with Crippen molar-refractivity contribution in [2.45, 2.75) is 49.3 Å². The van der Waals surface area contributed by atoms with E-state index in [0.717, 1.165) is 12.8 Å². The molecule has 20 heavy (non-hydrogen) atoms. The molecule has 6 heteroatoms. The Morgan fingerprint density at radius 1 is 1.15 bits per heavy atom. The van der Waals surface area contributed by atoms with E-state index in [1.807, 2.05) is 0 Å². The highest BCUT2D eigenvalue weighted by molar-refractivity contribution is 7.91.